The van der Waals surface area contributed by atoms with Crippen LogP contribution in [0.2, 0.25) is 0 Å². The molecule has 4 heteroatoms. The Morgan fingerprint density at radius 2 is 2.31 bits per heavy atom. The van der Waals surface area contributed by atoms with Gasteiger partial charge in [-0.25, -0.2) is 0 Å². The molecule has 0 aromatic carbocycles. The lowest BCUT2D eigenvalue weighted by Gasteiger charge is -2.05. The third kappa shape index (κ3) is 2.05. The Morgan fingerprint density at radius 1 is 1.56 bits per heavy atom. The molecular formula is C12H16N2O2. The van der Waals surface area contributed by atoms with E-state index in [9.17, 15) is 9.59 Å². The Morgan fingerprint density at radius 3 is 2.81 bits per heavy atom. The van der Waals surface area contributed by atoms with Crippen LogP contribution in [0, 0.1) is 5.92 Å². The molecule has 0 bridgehead atoms. The molecule has 1 aromatic rings. The molecule has 4 nitrogen and oxygen atoms in total. The first kappa shape index (κ1) is 11.0. The molecule has 0 amide bonds. The van der Waals surface area contributed by atoms with Crippen molar-refractivity contribution in [3.8, 4) is 0 Å². The minimum absolute atomic E-state index is 0.0674. The molecule has 1 aromatic heterocycles. The standard InChI is InChI=1S/C12H16N2O2/c1-8(2)14-7-10(6-13-14)12(16)9-3-4-11(15)5-9/h6-9H,3-5H2,1-2H3. The summed E-state index contributed by atoms with van der Waals surface area (Å²) in [6, 6.07) is 0.256. The highest BCUT2D eigenvalue weighted by atomic mass is 16.1. The van der Waals surface area contributed by atoms with Crippen molar-refractivity contribution in [3.63, 3.8) is 0 Å². The molecule has 16 heavy (non-hydrogen) atoms. The van der Waals surface area contributed by atoms with Gasteiger partial charge in [-0.2, -0.15) is 5.10 Å². The van der Waals surface area contributed by atoms with Gasteiger partial charge >= 0.3 is 0 Å². The van der Waals surface area contributed by atoms with Crippen molar-refractivity contribution < 1.29 is 9.59 Å². The first-order chi connectivity index (χ1) is 7.58. The van der Waals surface area contributed by atoms with E-state index in [1.54, 1.807) is 17.1 Å². The maximum atomic E-state index is 12.0. The van der Waals surface area contributed by atoms with Gasteiger partial charge in [-0.1, -0.05) is 0 Å². The van der Waals surface area contributed by atoms with E-state index in [0.717, 1.165) is 0 Å². The Kier molecular flexibility index (Phi) is 2.90. The second-order valence-corrected chi connectivity index (χ2v) is 4.65. The molecule has 86 valence electrons. The van der Waals surface area contributed by atoms with E-state index in [0.29, 0.717) is 24.8 Å². The van der Waals surface area contributed by atoms with Crippen molar-refractivity contribution in [1.29, 1.82) is 0 Å². The number of carbonyl (C=O) groups is 2. The molecule has 1 aliphatic rings. The number of aromatic nitrogens is 2. The monoisotopic (exact) mass is 220 g/mol. The molecule has 1 saturated carbocycles. The number of hydrogen-bond acceptors (Lipinski definition) is 3. The molecule has 1 unspecified atom stereocenters. The summed E-state index contributed by atoms with van der Waals surface area (Å²) < 4.78 is 1.77. The van der Waals surface area contributed by atoms with Crippen molar-refractivity contribution in [2.45, 2.75) is 39.2 Å². The Hall–Kier alpha value is -1.45. The Balaban J connectivity index is 2.11. The van der Waals surface area contributed by atoms with Crippen LogP contribution in [0.15, 0.2) is 12.4 Å². The normalized spacial score (nSPS) is 20.7. The number of rotatable bonds is 3. The fourth-order valence-electron chi connectivity index (χ4n) is 2.02. The van der Waals surface area contributed by atoms with Crippen LogP contribution in [-0.2, 0) is 4.79 Å². The number of carbonyl (C=O) groups excluding carboxylic acids is 2. The smallest absolute Gasteiger partial charge is 0.169 e. The van der Waals surface area contributed by atoms with Crippen molar-refractivity contribution in [1.82, 2.24) is 9.78 Å². The Bertz CT molecular complexity index is 420. The second-order valence-electron chi connectivity index (χ2n) is 4.65. The van der Waals surface area contributed by atoms with Gasteiger partial charge in [-0.05, 0) is 20.3 Å². The third-order valence-corrected chi connectivity index (χ3v) is 3.03. The molecule has 0 saturated heterocycles. The van der Waals surface area contributed by atoms with Crippen LogP contribution in [0.5, 0.6) is 0 Å². The highest BCUT2D eigenvalue weighted by molar-refractivity contribution is 6.01. The second kappa shape index (κ2) is 4.20. The van der Waals surface area contributed by atoms with Gasteiger partial charge in [0.1, 0.15) is 5.78 Å². The highest BCUT2D eigenvalue weighted by Crippen LogP contribution is 2.25. The van der Waals surface area contributed by atoms with E-state index < -0.39 is 0 Å². The quantitative estimate of drug-likeness (QED) is 0.732. The van der Waals surface area contributed by atoms with E-state index in [4.69, 9.17) is 0 Å². The topological polar surface area (TPSA) is 52.0 Å². The van der Waals surface area contributed by atoms with Gasteiger partial charge in [0.2, 0.25) is 0 Å². The largest absolute Gasteiger partial charge is 0.300 e. The van der Waals surface area contributed by atoms with Crippen LogP contribution in [0.4, 0.5) is 0 Å². The summed E-state index contributed by atoms with van der Waals surface area (Å²) in [6.07, 6.45) is 5.03. The fraction of sp³-hybridized carbons (Fsp3) is 0.583. The molecule has 1 fully saturated rings. The van der Waals surface area contributed by atoms with Crippen LogP contribution in [0.3, 0.4) is 0 Å². The van der Waals surface area contributed by atoms with E-state index >= 15 is 0 Å². The highest BCUT2D eigenvalue weighted by Gasteiger charge is 2.29. The minimum Gasteiger partial charge on any atom is -0.300 e. The Labute approximate surface area is 94.6 Å². The number of hydrogen-bond donors (Lipinski definition) is 0. The van der Waals surface area contributed by atoms with Gasteiger partial charge in [0.25, 0.3) is 0 Å². The van der Waals surface area contributed by atoms with Crippen molar-refractivity contribution in [2.75, 3.05) is 0 Å². The number of nitrogens with zero attached hydrogens (tertiary/aromatic N) is 2. The van der Waals surface area contributed by atoms with Crippen LogP contribution >= 0.6 is 0 Å². The lowest BCUT2D eigenvalue weighted by atomic mass is 9.98. The van der Waals surface area contributed by atoms with Crippen molar-refractivity contribution in [2.24, 2.45) is 5.92 Å². The number of Topliss-reactive ketones (excluding diaryl/α,β-unsaturated/α-hetero) is 2. The van der Waals surface area contributed by atoms with Crippen LogP contribution in [-0.4, -0.2) is 21.3 Å². The van der Waals surface area contributed by atoms with Gasteiger partial charge in [0, 0.05) is 31.0 Å². The summed E-state index contributed by atoms with van der Waals surface area (Å²) in [5.74, 6) is 0.157. The summed E-state index contributed by atoms with van der Waals surface area (Å²) in [5, 5.41) is 4.14. The maximum absolute atomic E-state index is 12.0. The molecule has 2 rings (SSSR count). The van der Waals surface area contributed by atoms with Gasteiger partial charge in [0.15, 0.2) is 5.78 Å². The molecule has 0 spiro atoms. The van der Waals surface area contributed by atoms with Crippen molar-refractivity contribution in [3.05, 3.63) is 18.0 Å². The summed E-state index contributed by atoms with van der Waals surface area (Å²) in [4.78, 5) is 23.2. The van der Waals surface area contributed by atoms with E-state index in [1.807, 2.05) is 13.8 Å². The zero-order chi connectivity index (χ0) is 11.7. The zero-order valence-electron chi connectivity index (χ0n) is 9.64. The van der Waals surface area contributed by atoms with Crippen LogP contribution < -0.4 is 0 Å². The predicted octanol–water partition coefficient (Wildman–Crippen LogP) is 2.02. The fourth-order valence-corrected chi connectivity index (χ4v) is 2.02. The first-order valence-corrected chi connectivity index (χ1v) is 5.68. The minimum atomic E-state index is -0.114. The molecule has 0 aliphatic heterocycles. The lowest BCUT2D eigenvalue weighted by molar-refractivity contribution is -0.117. The van der Waals surface area contributed by atoms with Gasteiger partial charge in [-0.3, -0.25) is 14.3 Å². The zero-order valence-corrected chi connectivity index (χ0v) is 9.64. The molecule has 1 atom stereocenters. The summed E-state index contributed by atoms with van der Waals surface area (Å²) in [6.45, 7) is 4.03. The van der Waals surface area contributed by atoms with Crippen LogP contribution in [0.25, 0.3) is 0 Å². The maximum Gasteiger partial charge on any atom is 0.169 e. The lowest BCUT2D eigenvalue weighted by Crippen LogP contribution is -2.11. The number of ketones is 2. The average molecular weight is 220 g/mol. The van der Waals surface area contributed by atoms with Gasteiger partial charge in [-0.15, -0.1) is 0 Å². The molecule has 0 N–H and O–H groups in total. The molecule has 0 radical (unpaired) electrons. The molecular weight excluding hydrogens is 204 g/mol. The summed E-state index contributed by atoms with van der Waals surface area (Å²) in [7, 11) is 0. The van der Waals surface area contributed by atoms with Gasteiger partial charge in [0.05, 0.1) is 11.8 Å². The third-order valence-electron chi connectivity index (χ3n) is 3.03. The molecule has 1 heterocycles. The average Bonchev–Trinajstić information content (AvgIpc) is 2.84. The van der Waals surface area contributed by atoms with Gasteiger partial charge < -0.3 is 0 Å². The molecule has 1 aliphatic carbocycles. The SMILES string of the molecule is CC(C)n1cc(C(=O)C2CCC(=O)C2)cn1. The predicted molar refractivity (Wildman–Crippen MR) is 59.3 cm³/mol. The summed E-state index contributed by atoms with van der Waals surface area (Å²) in [5.41, 5.74) is 0.633. The van der Waals surface area contributed by atoms with Crippen molar-refractivity contribution >= 4 is 11.6 Å². The first-order valence-electron chi connectivity index (χ1n) is 5.68. The van der Waals surface area contributed by atoms with Crippen LogP contribution in [0.1, 0.15) is 49.5 Å². The van der Waals surface area contributed by atoms with E-state index in [2.05, 4.69) is 5.10 Å². The van der Waals surface area contributed by atoms with E-state index in [1.165, 1.54) is 0 Å². The summed E-state index contributed by atoms with van der Waals surface area (Å²) >= 11 is 0. The van der Waals surface area contributed by atoms with E-state index in [-0.39, 0.29) is 23.5 Å².